The topological polar surface area (TPSA) is 84.9 Å². The minimum atomic E-state index is -1.07. The number of carboxylic acids is 1. The van der Waals surface area contributed by atoms with E-state index in [0.717, 1.165) is 19.4 Å². The average Bonchev–Trinajstić information content (AvgIpc) is 2.98. The Morgan fingerprint density at radius 1 is 1.52 bits per heavy atom. The molecule has 1 heterocycles. The van der Waals surface area contributed by atoms with Gasteiger partial charge in [-0.1, -0.05) is 6.07 Å². The Morgan fingerprint density at radius 2 is 2.33 bits per heavy atom. The van der Waals surface area contributed by atoms with Gasteiger partial charge in [0.2, 0.25) is 0 Å². The Balaban J connectivity index is 1.93. The van der Waals surface area contributed by atoms with Crippen LogP contribution in [0.15, 0.2) is 24.3 Å². The van der Waals surface area contributed by atoms with Gasteiger partial charge < -0.3 is 19.9 Å². The third kappa shape index (κ3) is 4.46. The number of ether oxygens (including phenoxy) is 2. The molecule has 2 N–H and O–H groups in total. The van der Waals surface area contributed by atoms with Crippen LogP contribution < -0.4 is 10.1 Å². The molecule has 0 aromatic heterocycles. The fourth-order valence-corrected chi connectivity index (χ4v) is 2.03. The fraction of sp³-hybridized carbons (Fsp3) is 0.467. The lowest BCUT2D eigenvalue weighted by molar-refractivity contribution is -0.138. The van der Waals surface area contributed by atoms with Crippen LogP contribution in [0.2, 0.25) is 0 Å². The number of rotatable bonds is 6. The van der Waals surface area contributed by atoms with E-state index >= 15 is 0 Å². The lowest BCUT2D eigenvalue weighted by Gasteiger charge is -2.13. The molecule has 114 valence electrons. The van der Waals surface area contributed by atoms with E-state index in [0.29, 0.717) is 17.9 Å². The second-order valence-electron chi connectivity index (χ2n) is 5.01. The van der Waals surface area contributed by atoms with Crippen LogP contribution in [0.5, 0.6) is 5.75 Å². The van der Waals surface area contributed by atoms with E-state index in [-0.39, 0.29) is 6.10 Å². The van der Waals surface area contributed by atoms with E-state index in [4.69, 9.17) is 14.6 Å². The molecule has 0 spiro atoms. The van der Waals surface area contributed by atoms with Crippen LogP contribution in [0.3, 0.4) is 0 Å². The Kier molecular flexibility index (Phi) is 5.16. The zero-order valence-corrected chi connectivity index (χ0v) is 11.9. The van der Waals surface area contributed by atoms with Crippen molar-refractivity contribution in [2.75, 3.05) is 13.2 Å². The third-order valence-corrected chi connectivity index (χ3v) is 3.27. The smallest absolute Gasteiger partial charge is 0.325 e. The molecule has 0 bridgehead atoms. The summed E-state index contributed by atoms with van der Waals surface area (Å²) in [7, 11) is 0. The molecule has 0 saturated carbocycles. The summed E-state index contributed by atoms with van der Waals surface area (Å²) in [5, 5.41) is 11.2. The number of aliphatic carboxylic acids is 1. The van der Waals surface area contributed by atoms with E-state index < -0.39 is 17.9 Å². The van der Waals surface area contributed by atoms with Crippen molar-refractivity contribution in [1.82, 2.24) is 5.32 Å². The van der Waals surface area contributed by atoms with Crippen LogP contribution >= 0.6 is 0 Å². The number of hydrogen-bond acceptors (Lipinski definition) is 4. The fourth-order valence-electron chi connectivity index (χ4n) is 2.03. The van der Waals surface area contributed by atoms with Gasteiger partial charge in [0.1, 0.15) is 18.4 Å². The maximum Gasteiger partial charge on any atom is 0.325 e. The first-order valence-corrected chi connectivity index (χ1v) is 6.94. The van der Waals surface area contributed by atoms with Gasteiger partial charge in [0, 0.05) is 12.2 Å². The van der Waals surface area contributed by atoms with E-state index in [9.17, 15) is 9.59 Å². The Morgan fingerprint density at radius 3 is 3.00 bits per heavy atom. The highest BCUT2D eigenvalue weighted by atomic mass is 16.5. The molecule has 1 amide bonds. The quantitative estimate of drug-likeness (QED) is 0.829. The molecule has 1 aromatic carbocycles. The lowest BCUT2D eigenvalue weighted by Crippen LogP contribution is -2.38. The molecule has 2 atom stereocenters. The first-order valence-electron chi connectivity index (χ1n) is 6.94. The van der Waals surface area contributed by atoms with Crippen molar-refractivity contribution in [1.29, 1.82) is 0 Å². The van der Waals surface area contributed by atoms with Crippen LogP contribution in [-0.2, 0) is 9.53 Å². The highest BCUT2D eigenvalue weighted by Crippen LogP contribution is 2.17. The molecule has 6 heteroatoms. The van der Waals surface area contributed by atoms with Crippen molar-refractivity contribution >= 4 is 11.9 Å². The number of carboxylic acid groups (broad SMARTS) is 1. The zero-order chi connectivity index (χ0) is 15.2. The van der Waals surface area contributed by atoms with E-state index in [1.165, 1.54) is 6.92 Å². The lowest BCUT2D eigenvalue weighted by atomic mass is 10.2. The molecule has 0 radical (unpaired) electrons. The molecule has 1 saturated heterocycles. The highest BCUT2D eigenvalue weighted by Gasteiger charge is 2.17. The Hall–Kier alpha value is -2.08. The van der Waals surface area contributed by atoms with Crippen LogP contribution in [0.4, 0.5) is 0 Å². The van der Waals surface area contributed by atoms with Crippen LogP contribution in [-0.4, -0.2) is 42.3 Å². The highest BCUT2D eigenvalue weighted by molar-refractivity contribution is 5.96. The number of carbonyl (C=O) groups is 2. The molecular weight excluding hydrogens is 274 g/mol. The molecule has 1 aromatic rings. The molecule has 1 fully saturated rings. The van der Waals surface area contributed by atoms with Gasteiger partial charge in [0.15, 0.2) is 0 Å². The second kappa shape index (κ2) is 7.08. The van der Waals surface area contributed by atoms with Gasteiger partial charge in [-0.25, -0.2) is 0 Å². The predicted molar refractivity (Wildman–Crippen MR) is 75.5 cm³/mol. The summed E-state index contributed by atoms with van der Waals surface area (Å²) in [6.07, 6.45) is 2.13. The van der Waals surface area contributed by atoms with Crippen molar-refractivity contribution in [2.24, 2.45) is 0 Å². The summed E-state index contributed by atoms with van der Waals surface area (Å²) in [4.78, 5) is 22.6. The summed E-state index contributed by atoms with van der Waals surface area (Å²) >= 11 is 0. The summed E-state index contributed by atoms with van der Waals surface area (Å²) in [5.74, 6) is -0.942. The van der Waals surface area contributed by atoms with Gasteiger partial charge in [-0.15, -0.1) is 0 Å². The molecular formula is C15H19NO5. The molecule has 1 aliphatic rings. The minimum Gasteiger partial charge on any atom is -0.491 e. The first-order chi connectivity index (χ1) is 10.1. The number of benzene rings is 1. The van der Waals surface area contributed by atoms with E-state index in [1.54, 1.807) is 24.3 Å². The number of hydrogen-bond donors (Lipinski definition) is 2. The van der Waals surface area contributed by atoms with Crippen molar-refractivity contribution < 1.29 is 24.2 Å². The molecule has 0 unspecified atom stereocenters. The maximum atomic E-state index is 11.9. The molecule has 21 heavy (non-hydrogen) atoms. The van der Waals surface area contributed by atoms with Crippen molar-refractivity contribution in [3.63, 3.8) is 0 Å². The van der Waals surface area contributed by atoms with Crippen molar-refractivity contribution in [2.45, 2.75) is 31.9 Å². The molecule has 2 rings (SSSR count). The zero-order valence-electron chi connectivity index (χ0n) is 11.9. The van der Waals surface area contributed by atoms with Gasteiger partial charge in [-0.3, -0.25) is 9.59 Å². The Labute approximate surface area is 123 Å². The van der Waals surface area contributed by atoms with E-state index in [1.807, 2.05) is 0 Å². The van der Waals surface area contributed by atoms with Crippen molar-refractivity contribution in [3.05, 3.63) is 29.8 Å². The molecule has 0 aliphatic carbocycles. The molecule has 6 nitrogen and oxygen atoms in total. The summed E-state index contributed by atoms with van der Waals surface area (Å²) in [6, 6.07) is 5.73. The normalized spacial score (nSPS) is 19.0. The van der Waals surface area contributed by atoms with Gasteiger partial charge in [0.25, 0.3) is 5.91 Å². The first kappa shape index (κ1) is 15.3. The molecule has 1 aliphatic heterocycles. The largest absolute Gasteiger partial charge is 0.491 e. The minimum absolute atomic E-state index is 0.106. The van der Waals surface area contributed by atoms with Gasteiger partial charge >= 0.3 is 5.97 Å². The van der Waals surface area contributed by atoms with Gasteiger partial charge in [-0.2, -0.15) is 0 Å². The van der Waals surface area contributed by atoms with Gasteiger partial charge in [-0.05, 0) is 38.0 Å². The Bertz CT molecular complexity index is 511. The number of amides is 1. The summed E-state index contributed by atoms with van der Waals surface area (Å²) in [5.41, 5.74) is 0.368. The van der Waals surface area contributed by atoms with Crippen LogP contribution in [0, 0.1) is 0 Å². The second-order valence-corrected chi connectivity index (χ2v) is 5.01. The summed E-state index contributed by atoms with van der Waals surface area (Å²) in [6.45, 7) is 2.64. The van der Waals surface area contributed by atoms with E-state index in [2.05, 4.69) is 5.32 Å². The standard InChI is InChI=1S/C15H19NO5/c1-10(15(18)19)16-14(17)11-4-2-5-12(8-11)21-9-13-6-3-7-20-13/h2,4-5,8,10,13H,3,6-7,9H2,1H3,(H,16,17)(H,18,19)/t10-,13-/m1/s1. The number of nitrogens with one attached hydrogen (secondary N) is 1. The third-order valence-electron chi connectivity index (χ3n) is 3.27. The van der Waals surface area contributed by atoms with Crippen molar-refractivity contribution in [3.8, 4) is 5.75 Å². The number of carbonyl (C=O) groups excluding carboxylic acids is 1. The SMILES string of the molecule is C[C@@H](NC(=O)c1cccc(OC[C@H]2CCCO2)c1)C(=O)O. The van der Waals surface area contributed by atoms with Crippen LogP contribution in [0.25, 0.3) is 0 Å². The average molecular weight is 293 g/mol. The van der Waals surface area contributed by atoms with Crippen LogP contribution in [0.1, 0.15) is 30.1 Å². The maximum absolute atomic E-state index is 11.9. The monoisotopic (exact) mass is 293 g/mol. The van der Waals surface area contributed by atoms with Gasteiger partial charge in [0.05, 0.1) is 6.10 Å². The summed E-state index contributed by atoms with van der Waals surface area (Å²) < 4.78 is 11.1. The predicted octanol–water partition coefficient (Wildman–Crippen LogP) is 1.45.